The van der Waals surface area contributed by atoms with Gasteiger partial charge in [-0.2, -0.15) is 0 Å². The highest BCUT2D eigenvalue weighted by Gasteiger charge is 2.11. The first-order chi connectivity index (χ1) is 12.0. The van der Waals surface area contributed by atoms with Crippen LogP contribution in [0.15, 0.2) is 54.7 Å². The molecule has 25 heavy (non-hydrogen) atoms. The van der Waals surface area contributed by atoms with Crippen molar-refractivity contribution < 1.29 is 9.18 Å². The highest BCUT2D eigenvalue weighted by molar-refractivity contribution is 6.36. The van der Waals surface area contributed by atoms with Crippen LogP contribution in [0.2, 0.25) is 10.0 Å². The zero-order chi connectivity index (χ0) is 17.8. The van der Waals surface area contributed by atoms with Gasteiger partial charge in [-0.15, -0.1) is 0 Å². The molecule has 8 heteroatoms. The number of nitrogens with zero attached hydrogens (tertiary/aromatic N) is 2. The smallest absolute Gasteiger partial charge is 0.274 e. The average molecular weight is 377 g/mol. The second kappa shape index (κ2) is 7.46. The van der Waals surface area contributed by atoms with E-state index in [1.807, 2.05) is 0 Å². The molecule has 3 rings (SSSR count). The fourth-order valence-corrected chi connectivity index (χ4v) is 2.44. The number of carbonyl (C=O) groups is 1. The van der Waals surface area contributed by atoms with Gasteiger partial charge in [0.25, 0.3) is 5.91 Å². The molecule has 1 heterocycles. The van der Waals surface area contributed by atoms with Crippen molar-refractivity contribution in [2.45, 2.75) is 0 Å². The first-order valence-corrected chi connectivity index (χ1v) is 7.89. The summed E-state index contributed by atoms with van der Waals surface area (Å²) in [5.41, 5.74) is 1.16. The lowest BCUT2D eigenvalue weighted by molar-refractivity contribution is 0.102. The molecule has 0 unspecified atom stereocenters. The minimum atomic E-state index is -0.450. The molecular formula is C17H11Cl2FN4O. The van der Waals surface area contributed by atoms with Gasteiger partial charge in [-0.05, 0) is 48.5 Å². The molecule has 2 N–H and O–H groups in total. The molecule has 3 aromatic rings. The lowest BCUT2D eigenvalue weighted by Crippen LogP contribution is -2.15. The third kappa shape index (κ3) is 4.43. The van der Waals surface area contributed by atoms with Gasteiger partial charge in [0, 0.05) is 16.9 Å². The standard InChI is InChI=1S/C17H11Cl2FN4O/c18-10-1-6-14(13(19)9-10)23-16(25)15-7-8-21-17(24-15)22-12-4-2-11(20)3-5-12/h1-9H,(H,23,25)(H,21,22,24). The number of nitrogens with one attached hydrogen (secondary N) is 2. The predicted octanol–water partition coefficient (Wildman–Crippen LogP) is 4.92. The number of hydrogen-bond donors (Lipinski definition) is 2. The maximum atomic E-state index is 12.9. The highest BCUT2D eigenvalue weighted by atomic mass is 35.5. The molecule has 0 aliphatic carbocycles. The van der Waals surface area contributed by atoms with Gasteiger partial charge in [0.05, 0.1) is 10.7 Å². The Morgan fingerprint density at radius 2 is 1.80 bits per heavy atom. The maximum Gasteiger partial charge on any atom is 0.274 e. The quantitative estimate of drug-likeness (QED) is 0.678. The molecule has 0 bridgehead atoms. The minimum absolute atomic E-state index is 0.144. The van der Waals surface area contributed by atoms with Crippen LogP contribution in [0.4, 0.5) is 21.7 Å². The monoisotopic (exact) mass is 376 g/mol. The van der Waals surface area contributed by atoms with Crippen LogP contribution in [0, 0.1) is 5.82 Å². The van der Waals surface area contributed by atoms with E-state index in [0.717, 1.165) is 0 Å². The summed E-state index contributed by atoms with van der Waals surface area (Å²) < 4.78 is 12.9. The number of benzene rings is 2. The molecule has 0 radical (unpaired) electrons. The van der Waals surface area contributed by atoms with Crippen LogP contribution in [0.25, 0.3) is 0 Å². The number of amides is 1. The van der Waals surface area contributed by atoms with Gasteiger partial charge in [0.15, 0.2) is 0 Å². The maximum absolute atomic E-state index is 12.9. The zero-order valence-electron chi connectivity index (χ0n) is 12.6. The summed E-state index contributed by atoms with van der Waals surface area (Å²) in [6.45, 7) is 0. The third-order valence-corrected chi connectivity index (χ3v) is 3.72. The SMILES string of the molecule is O=C(Nc1ccc(Cl)cc1Cl)c1ccnc(Nc2ccc(F)cc2)n1. The summed E-state index contributed by atoms with van der Waals surface area (Å²) in [7, 11) is 0. The lowest BCUT2D eigenvalue weighted by atomic mass is 10.3. The Kier molecular flexibility index (Phi) is 5.11. The predicted molar refractivity (Wildman–Crippen MR) is 96.1 cm³/mol. The fourth-order valence-electron chi connectivity index (χ4n) is 1.98. The molecule has 1 aromatic heterocycles. The van der Waals surface area contributed by atoms with E-state index in [1.165, 1.54) is 30.5 Å². The summed E-state index contributed by atoms with van der Waals surface area (Å²) in [6.07, 6.45) is 1.44. The molecule has 0 saturated heterocycles. The van der Waals surface area contributed by atoms with E-state index in [2.05, 4.69) is 20.6 Å². The van der Waals surface area contributed by atoms with Crippen molar-refractivity contribution in [2.75, 3.05) is 10.6 Å². The second-order valence-electron chi connectivity index (χ2n) is 4.98. The van der Waals surface area contributed by atoms with E-state index >= 15 is 0 Å². The highest BCUT2D eigenvalue weighted by Crippen LogP contribution is 2.25. The second-order valence-corrected chi connectivity index (χ2v) is 5.82. The van der Waals surface area contributed by atoms with Crippen LogP contribution < -0.4 is 10.6 Å². The van der Waals surface area contributed by atoms with Crippen molar-refractivity contribution in [3.63, 3.8) is 0 Å². The summed E-state index contributed by atoms with van der Waals surface area (Å²) in [5, 5.41) is 6.34. The van der Waals surface area contributed by atoms with E-state index in [9.17, 15) is 9.18 Å². The molecule has 1 amide bonds. The Morgan fingerprint density at radius 3 is 2.52 bits per heavy atom. The van der Waals surface area contributed by atoms with Crippen LogP contribution >= 0.6 is 23.2 Å². The zero-order valence-corrected chi connectivity index (χ0v) is 14.1. The molecular weight excluding hydrogens is 366 g/mol. The van der Waals surface area contributed by atoms with E-state index in [-0.39, 0.29) is 17.5 Å². The molecule has 0 spiro atoms. The van der Waals surface area contributed by atoms with Crippen molar-refractivity contribution in [1.29, 1.82) is 0 Å². The van der Waals surface area contributed by atoms with Gasteiger partial charge in [-0.1, -0.05) is 23.2 Å². The van der Waals surface area contributed by atoms with Gasteiger partial charge in [0.2, 0.25) is 5.95 Å². The number of hydrogen-bond acceptors (Lipinski definition) is 4. The third-order valence-electron chi connectivity index (χ3n) is 3.17. The number of halogens is 3. The molecule has 0 atom stereocenters. The normalized spacial score (nSPS) is 10.4. The molecule has 126 valence electrons. The molecule has 0 saturated carbocycles. The van der Waals surface area contributed by atoms with Crippen LogP contribution in [-0.4, -0.2) is 15.9 Å². The van der Waals surface area contributed by atoms with Crippen LogP contribution in [0.1, 0.15) is 10.5 Å². The van der Waals surface area contributed by atoms with Crippen molar-refractivity contribution in [2.24, 2.45) is 0 Å². The fraction of sp³-hybridized carbons (Fsp3) is 0. The number of rotatable bonds is 4. The molecule has 0 aliphatic heterocycles. The lowest BCUT2D eigenvalue weighted by Gasteiger charge is -2.08. The van der Waals surface area contributed by atoms with Crippen LogP contribution in [0.3, 0.4) is 0 Å². The number of carbonyl (C=O) groups excluding carboxylic acids is 1. The summed E-state index contributed by atoms with van der Waals surface area (Å²) in [5.74, 6) is -0.588. The van der Waals surface area contributed by atoms with Gasteiger partial charge in [-0.25, -0.2) is 14.4 Å². The van der Waals surface area contributed by atoms with Gasteiger partial charge >= 0.3 is 0 Å². The van der Waals surface area contributed by atoms with Crippen molar-refractivity contribution in [3.05, 3.63) is 76.3 Å². The van der Waals surface area contributed by atoms with E-state index in [1.54, 1.807) is 24.3 Å². The van der Waals surface area contributed by atoms with Gasteiger partial charge < -0.3 is 10.6 Å². The summed E-state index contributed by atoms with van der Waals surface area (Å²) in [6, 6.07) is 11.9. The first kappa shape index (κ1) is 17.1. The minimum Gasteiger partial charge on any atom is -0.324 e. The van der Waals surface area contributed by atoms with Crippen molar-refractivity contribution in [1.82, 2.24) is 9.97 Å². The molecule has 0 fully saturated rings. The van der Waals surface area contributed by atoms with Crippen LogP contribution in [-0.2, 0) is 0 Å². The van der Waals surface area contributed by atoms with E-state index in [4.69, 9.17) is 23.2 Å². The van der Waals surface area contributed by atoms with Crippen molar-refractivity contribution >= 4 is 46.4 Å². The molecule has 5 nitrogen and oxygen atoms in total. The summed E-state index contributed by atoms with van der Waals surface area (Å²) in [4.78, 5) is 20.5. The van der Waals surface area contributed by atoms with Gasteiger partial charge in [-0.3, -0.25) is 4.79 Å². The largest absolute Gasteiger partial charge is 0.324 e. The Hall–Kier alpha value is -2.70. The van der Waals surface area contributed by atoms with Crippen molar-refractivity contribution in [3.8, 4) is 0 Å². The number of aromatic nitrogens is 2. The van der Waals surface area contributed by atoms with Gasteiger partial charge in [0.1, 0.15) is 11.5 Å². The first-order valence-electron chi connectivity index (χ1n) is 7.13. The Balaban J connectivity index is 1.76. The average Bonchev–Trinajstić information content (AvgIpc) is 2.60. The Labute approximate surface area is 152 Å². The number of anilines is 3. The van der Waals surface area contributed by atoms with E-state index in [0.29, 0.717) is 21.4 Å². The summed E-state index contributed by atoms with van der Waals surface area (Å²) >= 11 is 11.9. The molecule has 2 aromatic carbocycles. The molecule has 0 aliphatic rings. The van der Waals surface area contributed by atoms with Crippen LogP contribution in [0.5, 0.6) is 0 Å². The van der Waals surface area contributed by atoms with E-state index < -0.39 is 5.91 Å². The Morgan fingerprint density at radius 1 is 1.04 bits per heavy atom. The topological polar surface area (TPSA) is 66.9 Å². The Bertz CT molecular complexity index is 919.